The Balaban J connectivity index is 2.44. The van der Waals surface area contributed by atoms with Gasteiger partial charge in [0.25, 0.3) is 0 Å². The molecule has 1 aromatic carbocycles. The largest absolute Gasteiger partial charge is 0.383 e. The molecule has 0 saturated carbocycles. The number of halogens is 1. The van der Waals surface area contributed by atoms with Gasteiger partial charge in [-0.2, -0.15) is 0 Å². The zero-order valence-corrected chi connectivity index (χ0v) is 13.0. The highest BCUT2D eigenvalue weighted by Crippen LogP contribution is 2.25. The number of aromatic nitrogens is 1. The molecule has 2 rings (SSSR count). The summed E-state index contributed by atoms with van der Waals surface area (Å²) < 4.78 is 5.18. The third-order valence-corrected chi connectivity index (χ3v) is 3.77. The topological polar surface area (TPSA) is 25.4 Å². The number of hydrogen-bond acceptors (Lipinski definition) is 3. The number of anilines is 1. The first kappa shape index (κ1) is 14.3. The molecule has 0 aliphatic rings. The number of nitrogens with zero attached hydrogens (tertiary/aromatic N) is 2. The molecule has 0 spiro atoms. The summed E-state index contributed by atoms with van der Waals surface area (Å²) in [5, 5.41) is 1.99. The third kappa shape index (κ3) is 3.25. The zero-order valence-electron chi connectivity index (χ0n) is 11.4. The van der Waals surface area contributed by atoms with Crippen LogP contribution < -0.4 is 4.90 Å². The van der Waals surface area contributed by atoms with E-state index in [1.165, 1.54) is 10.9 Å². The van der Waals surface area contributed by atoms with Crippen molar-refractivity contribution in [3.63, 3.8) is 0 Å². The molecule has 0 aliphatic carbocycles. The highest BCUT2D eigenvalue weighted by Gasteiger charge is 2.12. The molecule has 0 fully saturated rings. The zero-order chi connectivity index (χ0) is 13.7. The number of benzene rings is 1. The Morgan fingerprint density at radius 1 is 1.32 bits per heavy atom. The van der Waals surface area contributed by atoms with E-state index in [-0.39, 0.29) is 0 Å². The minimum atomic E-state index is 0.712. The van der Waals surface area contributed by atoms with Gasteiger partial charge in [-0.1, -0.05) is 34.1 Å². The minimum absolute atomic E-state index is 0.712. The van der Waals surface area contributed by atoms with Gasteiger partial charge in [-0.05, 0) is 19.1 Å². The van der Waals surface area contributed by atoms with Crippen LogP contribution in [0.25, 0.3) is 10.9 Å². The van der Waals surface area contributed by atoms with Crippen molar-refractivity contribution in [2.24, 2.45) is 0 Å². The lowest BCUT2D eigenvalue weighted by atomic mass is 10.1. The second-order valence-electron chi connectivity index (χ2n) is 4.37. The second-order valence-corrected chi connectivity index (χ2v) is 4.93. The number of alkyl halides is 1. The van der Waals surface area contributed by atoms with Crippen LogP contribution in [0.2, 0.25) is 0 Å². The summed E-state index contributed by atoms with van der Waals surface area (Å²) in [6.07, 6.45) is 0. The summed E-state index contributed by atoms with van der Waals surface area (Å²) in [5.74, 6) is 1.05. The van der Waals surface area contributed by atoms with Crippen molar-refractivity contribution in [1.82, 2.24) is 4.98 Å². The minimum Gasteiger partial charge on any atom is -0.383 e. The van der Waals surface area contributed by atoms with Crippen LogP contribution in [-0.2, 0) is 10.1 Å². The second kappa shape index (κ2) is 6.87. The fourth-order valence-electron chi connectivity index (χ4n) is 2.14. The van der Waals surface area contributed by atoms with E-state index in [1.807, 2.05) is 12.1 Å². The first-order valence-corrected chi connectivity index (χ1v) is 7.60. The Hall–Kier alpha value is -1.13. The molecule has 2 aromatic rings. The number of pyridine rings is 1. The third-order valence-electron chi connectivity index (χ3n) is 3.17. The maximum absolute atomic E-state index is 5.18. The maximum Gasteiger partial charge on any atom is 0.133 e. The normalized spacial score (nSPS) is 10.9. The van der Waals surface area contributed by atoms with E-state index in [0.29, 0.717) is 6.61 Å². The number of para-hydroxylation sites is 1. The smallest absolute Gasteiger partial charge is 0.133 e. The molecule has 4 heteroatoms. The van der Waals surface area contributed by atoms with Gasteiger partial charge in [0, 0.05) is 36.5 Å². The fraction of sp³-hybridized carbons (Fsp3) is 0.400. The average Bonchev–Trinajstić information content (AvgIpc) is 2.47. The first-order chi connectivity index (χ1) is 9.30. The van der Waals surface area contributed by atoms with Gasteiger partial charge in [0.1, 0.15) is 5.82 Å². The Morgan fingerprint density at radius 3 is 2.79 bits per heavy atom. The molecule has 0 aliphatic heterocycles. The summed E-state index contributed by atoms with van der Waals surface area (Å²) in [4.78, 5) is 7.07. The molecule has 1 heterocycles. The Morgan fingerprint density at radius 2 is 2.11 bits per heavy atom. The molecule has 3 nitrogen and oxygen atoms in total. The van der Waals surface area contributed by atoms with Crippen molar-refractivity contribution in [3.8, 4) is 0 Å². The van der Waals surface area contributed by atoms with Crippen molar-refractivity contribution < 1.29 is 4.74 Å². The molecule has 0 saturated heterocycles. The van der Waals surface area contributed by atoms with E-state index in [0.717, 1.165) is 29.8 Å². The van der Waals surface area contributed by atoms with Crippen molar-refractivity contribution in [3.05, 3.63) is 35.9 Å². The van der Waals surface area contributed by atoms with Crippen LogP contribution in [0.4, 0.5) is 5.82 Å². The number of methoxy groups -OCH3 is 1. The molecule has 19 heavy (non-hydrogen) atoms. The van der Waals surface area contributed by atoms with Crippen LogP contribution in [-0.4, -0.2) is 31.8 Å². The quantitative estimate of drug-likeness (QED) is 0.760. The number of rotatable bonds is 6. The summed E-state index contributed by atoms with van der Waals surface area (Å²) in [5.41, 5.74) is 2.26. The lowest BCUT2D eigenvalue weighted by molar-refractivity contribution is 0.205. The monoisotopic (exact) mass is 322 g/mol. The number of fused-ring (bicyclic) bond motifs is 1. The molecule has 0 bridgehead atoms. The van der Waals surface area contributed by atoms with Crippen LogP contribution >= 0.6 is 15.9 Å². The highest BCUT2D eigenvalue weighted by molar-refractivity contribution is 9.08. The van der Waals surface area contributed by atoms with Gasteiger partial charge >= 0.3 is 0 Å². The number of likely N-dealkylation sites (N-methyl/N-ethyl adjacent to an activating group) is 1. The molecule has 0 unspecified atom stereocenters. The lowest BCUT2D eigenvalue weighted by Gasteiger charge is -2.24. The summed E-state index contributed by atoms with van der Waals surface area (Å²) in [6.45, 7) is 4.64. The molecule has 0 N–H and O–H groups in total. The molecular weight excluding hydrogens is 304 g/mol. The average molecular weight is 323 g/mol. The van der Waals surface area contributed by atoms with Crippen LogP contribution in [0.15, 0.2) is 30.3 Å². The summed E-state index contributed by atoms with van der Waals surface area (Å²) >= 11 is 3.56. The number of hydrogen-bond donors (Lipinski definition) is 0. The Labute approximate surface area is 122 Å². The van der Waals surface area contributed by atoms with Gasteiger partial charge < -0.3 is 9.64 Å². The van der Waals surface area contributed by atoms with Crippen molar-refractivity contribution in [1.29, 1.82) is 0 Å². The highest BCUT2D eigenvalue weighted by atomic mass is 79.9. The molecule has 1 aromatic heterocycles. The SMILES string of the molecule is CCN(CCOC)c1nc2ccccc2cc1CBr. The Kier molecular flexibility index (Phi) is 5.16. The van der Waals surface area contributed by atoms with E-state index in [9.17, 15) is 0 Å². The van der Waals surface area contributed by atoms with Crippen LogP contribution in [0.5, 0.6) is 0 Å². The Bertz CT molecular complexity index is 545. The van der Waals surface area contributed by atoms with Crippen LogP contribution in [0.3, 0.4) is 0 Å². The van der Waals surface area contributed by atoms with Gasteiger partial charge in [-0.25, -0.2) is 4.98 Å². The molecule has 0 amide bonds. The van der Waals surface area contributed by atoms with Crippen molar-refractivity contribution in [2.75, 3.05) is 31.7 Å². The van der Waals surface area contributed by atoms with Gasteiger partial charge in [0.15, 0.2) is 0 Å². The van der Waals surface area contributed by atoms with E-state index in [2.05, 4.69) is 46.0 Å². The molecule has 0 radical (unpaired) electrons. The maximum atomic E-state index is 5.18. The van der Waals surface area contributed by atoms with Gasteiger partial charge in [-0.15, -0.1) is 0 Å². The van der Waals surface area contributed by atoms with Crippen molar-refractivity contribution in [2.45, 2.75) is 12.3 Å². The fourth-order valence-corrected chi connectivity index (χ4v) is 2.55. The van der Waals surface area contributed by atoms with E-state index >= 15 is 0 Å². The van der Waals surface area contributed by atoms with Crippen molar-refractivity contribution >= 4 is 32.7 Å². The van der Waals surface area contributed by atoms with E-state index in [1.54, 1.807) is 7.11 Å². The standard InChI is InChI=1S/C15H19BrN2O/c1-3-18(8-9-19-2)15-13(11-16)10-12-6-4-5-7-14(12)17-15/h4-7,10H,3,8-9,11H2,1-2H3. The summed E-state index contributed by atoms with van der Waals surface area (Å²) in [7, 11) is 1.73. The predicted octanol–water partition coefficient (Wildman–Crippen LogP) is 3.60. The van der Waals surface area contributed by atoms with E-state index < -0.39 is 0 Å². The predicted molar refractivity (Wildman–Crippen MR) is 84.1 cm³/mol. The summed E-state index contributed by atoms with van der Waals surface area (Å²) in [6, 6.07) is 10.4. The van der Waals surface area contributed by atoms with Gasteiger partial charge in [0.2, 0.25) is 0 Å². The van der Waals surface area contributed by atoms with Crippen LogP contribution in [0, 0.1) is 0 Å². The van der Waals surface area contributed by atoms with Gasteiger partial charge in [-0.3, -0.25) is 0 Å². The number of ether oxygens (including phenoxy) is 1. The molecular formula is C15H19BrN2O. The first-order valence-electron chi connectivity index (χ1n) is 6.48. The van der Waals surface area contributed by atoms with Crippen LogP contribution in [0.1, 0.15) is 12.5 Å². The molecule has 102 valence electrons. The molecule has 0 atom stereocenters. The lowest BCUT2D eigenvalue weighted by Crippen LogP contribution is -2.28. The van der Waals surface area contributed by atoms with Gasteiger partial charge in [0.05, 0.1) is 12.1 Å². The van der Waals surface area contributed by atoms with E-state index in [4.69, 9.17) is 9.72 Å².